The van der Waals surface area contributed by atoms with Crippen molar-refractivity contribution in [2.24, 2.45) is 0 Å². The molecule has 0 spiro atoms. The van der Waals surface area contributed by atoms with Crippen molar-refractivity contribution in [3.63, 3.8) is 0 Å². The van der Waals surface area contributed by atoms with E-state index in [9.17, 15) is 4.79 Å². The molecule has 0 bridgehead atoms. The molecule has 0 aliphatic heterocycles. The SMILES string of the molecule is COCOc1ccccc1C(=O)O.[Mo]. The van der Waals surface area contributed by atoms with Crippen molar-refractivity contribution in [2.75, 3.05) is 13.9 Å². The number of aromatic carboxylic acids is 1. The number of methoxy groups -OCH3 is 1. The second kappa shape index (κ2) is 6.57. The maximum absolute atomic E-state index is 10.7. The maximum Gasteiger partial charge on any atom is 0.339 e. The van der Waals surface area contributed by atoms with Crippen LogP contribution >= 0.6 is 0 Å². The zero-order valence-electron chi connectivity index (χ0n) is 7.60. The normalized spacial score (nSPS) is 8.93. The van der Waals surface area contributed by atoms with Crippen LogP contribution in [0.15, 0.2) is 24.3 Å². The molecule has 0 fully saturated rings. The molecule has 0 saturated carbocycles. The van der Waals surface area contributed by atoms with E-state index in [1.807, 2.05) is 0 Å². The summed E-state index contributed by atoms with van der Waals surface area (Å²) in [5.41, 5.74) is 0.138. The standard InChI is InChI=1S/C9H10O4.Mo/c1-12-6-13-8-5-3-2-4-7(8)9(10)11;/h2-5H,6H2,1H3,(H,10,11);. The molecule has 0 aliphatic rings. The summed E-state index contributed by atoms with van der Waals surface area (Å²) in [6.45, 7) is 0.0459. The molecule has 0 atom stereocenters. The van der Waals surface area contributed by atoms with Crippen molar-refractivity contribution in [1.29, 1.82) is 0 Å². The summed E-state index contributed by atoms with van der Waals surface area (Å²) < 4.78 is 9.71. The van der Waals surface area contributed by atoms with E-state index < -0.39 is 5.97 Å². The number of hydrogen-bond donors (Lipinski definition) is 1. The van der Waals surface area contributed by atoms with E-state index in [4.69, 9.17) is 9.84 Å². The fourth-order valence-corrected chi connectivity index (χ4v) is 0.892. The fraction of sp³-hybridized carbons (Fsp3) is 0.222. The first-order chi connectivity index (χ1) is 6.25. The molecule has 0 radical (unpaired) electrons. The van der Waals surface area contributed by atoms with Gasteiger partial charge < -0.3 is 14.6 Å². The second-order valence-electron chi connectivity index (χ2n) is 2.35. The first-order valence-electron chi connectivity index (χ1n) is 3.69. The number of carboxylic acid groups (broad SMARTS) is 1. The van der Waals surface area contributed by atoms with Gasteiger partial charge in [0, 0.05) is 28.2 Å². The smallest absolute Gasteiger partial charge is 0.339 e. The number of carbonyl (C=O) groups is 1. The molecule has 1 aromatic carbocycles. The van der Waals surface area contributed by atoms with Crippen molar-refractivity contribution in [3.05, 3.63) is 29.8 Å². The molecule has 1 rings (SSSR count). The Labute approximate surface area is 96.1 Å². The molecule has 0 aromatic heterocycles. The molecule has 0 unspecified atom stereocenters. The molecule has 0 aliphatic carbocycles. The van der Waals surface area contributed by atoms with Gasteiger partial charge in [-0.3, -0.25) is 0 Å². The van der Waals surface area contributed by atoms with E-state index in [1.54, 1.807) is 18.2 Å². The summed E-state index contributed by atoms with van der Waals surface area (Å²) in [6, 6.07) is 6.41. The topological polar surface area (TPSA) is 55.8 Å². The maximum atomic E-state index is 10.7. The minimum Gasteiger partial charge on any atom is -0.478 e. The molecule has 4 nitrogen and oxygen atoms in total. The van der Waals surface area contributed by atoms with E-state index in [0.29, 0.717) is 5.75 Å². The number of hydrogen-bond acceptors (Lipinski definition) is 3. The summed E-state index contributed by atoms with van der Waals surface area (Å²) in [4.78, 5) is 10.7. The summed E-state index contributed by atoms with van der Waals surface area (Å²) in [5.74, 6) is -0.691. The summed E-state index contributed by atoms with van der Waals surface area (Å²) in [5, 5.41) is 8.74. The monoisotopic (exact) mass is 280 g/mol. The minimum absolute atomic E-state index is 0. The molecule has 5 heteroatoms. The van der Waals surface area contributed by atoms with Gasteiger partial charge in [-0.1, -0.05) is 12.1 Å². The van der Waals surface area contributed by atoms with Crippen molar-refractivity contribution < 1.29 is 40.4 Å². The van der Waals surface area contributed by atoms with Gasteiger partial charge in [0.15, 0.2) is 6.79 Å². The molecular weight excluding hydrogens is 268 g/mol. The predicted octanol–water partition coefficient (Wildman–Crippen LogP) is 1.36. The first kappa shape index (κ1) is 13.1. The van der Waals surface area contributed by atoms with E-state index >= 15 is 0 Å². The fourth-order valence-electron chi connectivity index (χ4n) is 0.892. The third-order valence-electron chi connectivity index (χ3n) is 1.45. The Morgan fingerprint density at radius 3 is 2.64 bits per heavy atom. The number of benzene rings is 1. The minimum atomic E-state index is -1.01. The first-order valence-corrected chi connectivity index (χ1v) is 3.69. The average molecular weight is 278 g/mol. The van der Waals surface area contributed by atoms with Gasteiger partial charge in [-0.15, -0.1) is 0 Å². The van der Waals surface area contributed by atoms with Gasteiger partial charge in [0.05, 0.1) is 0 Å². The van der Waals surface area contributed by atoms with Gasteiger partial charge in [0.25, 0.3) is 0 Å². The van der Waals surface area contributed by atoms with Gasteiger partial charge in [0.2, 0.25) is 0 Å². The van der Waals surface area contributed by atoms with Crippen LogP contribution in [0.1, 0.15) is 10.4 Å². The zero-order chi connectivity index (χ0) is 9.68. The Kier molecular flexibility index (Phi) is 6.17. The Morgan fingerprint density at radius 2 is 2.07 bits per heavy atom. The number of para-hydroxylation sites is 1. The van der Waals surface area contributed by atoms with Crippen LogP contribution in [0.25, 0.3) is 0 Å². The Balaban J connectivity index is 0.00000169. The molecule has 1 aromatic rings. The summed E-state index contributed by atoms with van der Waals surface area (Å²) >= 11 is 0. The van der Waals surface area contributed by atoms with Crippen LogP contribution < -0.4 is 4.74 Å². The van der Waals surface area contributed by atoms with Crippen LogP contribution in [0.5, 0.6) is 5.75 Å². The molecule has 76 valence electrons. The van der Waals surface area contributed by atoms with Crippen LogP contribution in [-0.2, 0) is 25.8 Å². The number of carboxylic acids is 1. The third-order valence-corrected chi connectivity index (χ3v) is 1.45. The van der Waals surface area contributed by atoms with Crippen LogP contribution in [0, 0.1) is 0 Å². The van der Waals surface area contributed by atoms with E-state index in [1.165, 1.54) is 13.2 Å². The third kappa shape index (κ3) is 3.48. The van der Waals surface area contributed by atoms with Crippen LogP contribution in [-0.4, -0.2) is 25.0 Å². The van der Waals surface area contributed by atoms with Crippen molar-refractivity contribution in [3.8, 4) is 5.75 Å². The Morgan fingerprint density at radius 1 is 1.43 bits per heavy atom. The van der Waals surface area contributed by atoms with Crippen molar-refractivity contribution in [2.45, 2.75) is 0 Å². The van der Waals surface area contributed by atoms with Gasteiger partial charge in [-0.2, -0.15) is 0 Å². The van der Waals surface area contributed by atoms with Crippen molar-refractivity contribution in [1.82, 2.24) is 0 Å². The van der Waals surface area contributed by atoms with Crippen LogP contribution in [0.4, 0.5) is 0 Å². The quantitative estimate of drug-likeness (QED) is 0.667. The van der Waals surface area contributed by atoms with E-state index in [2.05, 4.69) is 4.74 Å². The van der Waals surface area contributed by atoms with Crippen LogP contribution in [0.2, 0.25) is 0 Å². The molecule has 0 heterocycles. The summed E-state index contributed by atoms with van der Waals surface area (Å²) in [6.07, 6.45) is 0. The van der Waals surface area contributed by atoms with E-state index in [-0.39, 0.29) is 33.4 Å². The predicted molar refractivity (Wildman–Crippen MR) is 45.9 cm³/mol. The van der Waals surface area contributed by atoms with Crippen LogP contribution in [0.3, 0.4) is 0 Å². The molecule has 14 heavy (non-hydrogen) atoms. The number of rotatable bonds is 4. The van der Waals surface area contributed by atoms with Crippen molar-refractivity contribution >= 4 is 5.97 Å². The number of ether oxygens (including phenoxy) is 2. The van der Waals surface area contributed by atoms with Gasteiger partial charge in [-0.25, -0.2) is 4.79 Å². The second-order valence-corrected chi connectivity index (χ2v) is 2.35. The Bertz CT molecular complexity index is 301. The molecule has 1 N–H and O–H groups in total. The molecular formula is C9H10MoO4. The van der Waals surface area contributed by atoms with Gasteiger partial charge in [0.1, 0.15) is 11.3 Å². The average Bonchev–Trinajstić information content (AvgIpc) is 2.15. The molecule has 0 amide bonds. The summed E-state index contributed by atoms with van der Waals surface area (Å²) in [7, 11) is 1.48. The molecule has 0 saturated heterocycles. The van der Waals surface area contributed by atoms with Gasteiger partial charge in [-0.05, 0) is 12.1 Å². The van der Waals surface area contributed by atoms with E-state index in [0.717, 1.165) is 0 Å². The zero-order valence-corrected chi connectivity index (χ0v) is 9.60. The van der Waals surface area contributed by atoms with Gasteiger partial charge >= 0.3 is 5.97 Å². The Hall–Kier alpha value is -0.862. The largest absolute Gasteiger partial charge is 0.478 e.